The molecule has 1 saturated carbocycles. The van der Waals surface area contributed by atoms with E-state index < -0.39 is 41.6 Å². The molecular weight excluding hydrogens is 610 g/mol. The molecule has 0 aromatic heterocycles. The molecule has 7 nitrogen and oxygen atoms in total. The lowest BCUT2D eigenvalue weighted by molar-refractivity contribution is -0.149. The number of halogens is 1. The van der Waals surface area contributed by atoms with E-state index in [9.17, 15) is 29.4 Å². The van der Waals surface area contributed by atoms with Crippen LogP contribution in [-0.2, 0) is 19.2 Å². The molecule has 3 aromatic rings. The van der Waals surface area contributed by atoms with Crippen LogP contribution < -0.4 is 5.32 Å². The molecule has 0 spiro atoms. The summed E-state index contributed by atoms with van der Waals surface area (Å²) >= 11 is 3.42. The van der Waals surface area contributed by atoms with Gasteiger partial charge in [-0.1, -0.05) is 102 Å². The van der Waals surface area contributed by atoms with Gasteiger partial charge in [0.2, 0.25) is 5.91 Å². The maximum atomic E-state index is 14.3. The van der Waals surface area contributed by atoms with Crippen LogP contribution >= 0.6 is 15.9 Å². The van der Waals surface area contributed by atoms with E-state index in [0.29, 0.717) is 31.2 Å². The highest BCUT2D eigenvalue weighted by Gasteiger charge is 2.38. The number of hydrogen-bond donors (Lipinski definition) is 3. The summed E-state index contributed by atoms with van der Waals surface area (Å²) in [4.78, 5) is 51.4. The predicted octanol–water partition coefficient (Wildman–Crippen LogP) is 7.16. The smallest absolute Gasteiger partial charge is 0.307 e. The summed E-state index contributed by atoms with van der Waals surface area (Å²) in [6.45, 7) is 0. The number of ketones is 1. The molecule has 1 unspecified atom stereocenters. The fraction of sp³-hybridized carbons (Fsp3) is 0.371. The van der Waals surface area contributed by atoms with Gasteiger partial charge in [0.1, 0.15) is 6.04 Å². The Bertz CT molecular complexity index is 1340. The Labute approximate surface area is 260 Å². The summed E-state index contributed by atoms with van der Waals surface area (Å²) in [5, 5.41) is 22.2. The molecule has 1 amide bonds. The van der Waals surface area contributed by atoms with E-state index >= 15 is 0 Å². The normalized spacial score (nSPS) is 18.0. The minimum absolute atomic E-state index is 0.00168. The summed E-state index contributed by atoms with van der Waals surface area (Å²) in [5.74, 6) is -4.86. The molecule has 8 heteroatoms. The van der Waals surface area contributed by atoms with Gasteiger partial charge in [0.15, 0.2) is 5.78 Å². The van der Waals surface area contributed by atoms with Gasteiger partial charge in [0, 0.05) is 22.7 Å². The second-order valence-corrected chi connectivity index (χ2v) is 12.2. The zero-order chi connectivity index (χ0) is 30.8. The third-order valence-electron chi connectivity index (χ3n) is 8.51. The number of hydrogen-bond acceptors (Lipinski definition) is 4. The lowest BCUT2D eigenvalue weighted by Gasteiger charge is -2.30. The molecule has 0 bridgehead atoms. The van der Waals surface area contributed by atoms with E-state index in [-0.39, 0.29) is 24.5 Å². The maximum absolute atomic E-state index is 14.3. The number of Topliss-reactive ketones (excluding diaryl/α,β-unsaturated/α-hetero) is 1. The lowest BCUT2D eigenvalue weighted by atomic mass is 9.78. The molecule has 226 valence electrons. The molecule has 43 heavy (non-hydrogen) atoms. The first-order valence-corrected chi connectivity index (χ1v) is 15.7. The molecule has 1 aliphatic rings. The maximum Gasteiger partial charge on any atom is 0.307 e. The average Bonchev–Trinajstić information content (AvgIpc) is 3.02. The highest BCUT2D eigenvalue weighted by atomic mass is 79.9. The number of amides is 1. The lowest BCUT2D eigenvalue weighted by Crippen LogP contribution is -2.44. The number of carbonyl (C=O) groups is 4. The third kappa shape index (κ3) is 8.86. The Morgan fingerprint density at radius 1 is 0.721 bits per heavy atom. The Balaban J connectivity index is 1.63. The fourth-order valence-corrected chi connectivity index (χ4v) is 6.45. The van der Waals surface area contributed by atoms with E-state index in [1.54, 1.807) is 24.3 Å². The number of rotatable bonds is 14. The van der Waals surface area contributed by atoms with Crippen LogP contribution in [0.1, 0.15) is 80.0 Å². The van der Waals surface area contributed by atoms with E-state index in [0.717, 1.165) is 28.4 Å². The molecule has 4 rings (SSSR count). The first-order valence-electron chi connectivity index (χ1n) is 14.9. The molecule has 3 aromatic carbocycles. The summed E-state index contributed by atoms with van der Waals surface area (Å²) < 4.78 is 0.808. The number of carbonyl (C=O) groups excluding carboxylic acids is 2. The first kappa shape index (κ1) is 32.1. The van der Waals surface area contributed by atoms with Gasteiger partial charge in [-0.05, 0) is 60.9 Å². The molecule has 1 fully saturated rings. The molecule has 1 aliphatic carbocycles. The number of carboxylic acids is 2. The zero-order valence-electron chi connectivity index (χ0n) is 24.0. The highest BCUT2D eigenvalue weighted by Crippen LogP contribution is 2.35. The predicted molar refractivity (Wildman–Crippen MR) is 167 cm³/mol. The standard InChI is InChI=1S/C35H38BrNO6/c36-27-19-15-25(16-20-27)32(37-34(41)29-13-7-8-14-30(29)35(42)43)33(40)26(18-22-31(38)39)17-21-28(23-9-3-1-4-10-23)24-11-5-2-6-12-24/h1-6,9-12,15-16,19-20,26,28-30,32H,7-8,13-14,17-18,21-22H2,(H,37,41)(H,38,39)(H,42,43)/t26-,29-,30-,32?/m1/s1. The minimum atomic E-state index is -1.03. The van der Waals surface area contributed by atoms with Gasteiger partial charge in [-0.3, -0.25) is 19.2 Å². The van der Waals surface area contributed by atoms with Gasteiger partial charge < -0.3 is 15.5 Å². The van der Waals surface area contributed by atoms with Crippen molar-refractivity contribution in [2.75, 3.05) is 0 Å². The van der Waals surface area contributed by atoms with Crippen molar-refractivity contribution in [3.05, 3.63) is 106 Å². The molecule has 0 saturated heterocycles. The van der Waals surface area contributed by atoms with Crippen LogP contribution in [0.4, 0.5) is 0 Å². The van der Waals surface area contributed by atoms with Crippen LogP contribution in [0.2, 0.25) is 0 Å². The van der Waals surface area contributed by atoms with Crippen molar-refractivity contribution >= 4 is 39.6 Å². The van der Waals surface area contributed by atoms with Gasteiger partial charge in [-0.25, -0.2) is 0 Å². The number of nitrogens with one attached hydrogen (secondary N) is 1. The third-order valence-corrected chi connectivity index (χ3v) is 9.04. The molecule has 3 N–H and O–H groups in total. The molecular formula is C35H38BrNO6. The van der Waals surface area contributed by atoms with Gasteiger partial charge in [0.05, 0.1) is 11.8 Å². The Kier molecular flexibility index (Phi) is 11.7. The fourth-order valence-electron chi connectivity index (χ4n) is 6.19. The largest absolute Gasteiger partial charge is 0.481 e. The van der Waals surface area contributed by atoms with Crippen molar-refractivity contribution < 1.29 is 29.4 Å². The molecule has 0 radical (unpaired) electrons. The number of carboxylic acid groups (broad SMARTS) is 2. The minimum Gasteiger partial charge on any atom is -0.481 e. The summed E-state index contributed by atoms with van der Waals surface area (Å²) in [6, 6.07) is 26.1. The van der Waals surface area contributed by atoms with E-state index in [1.165, 1.54) is 0 Å². The van der Waals surface area contributed by atoms with Gasteiger partial charge >= 0.3 is 11.9 Å². The van der Waals surface area contributed by atoms with E-state index in [4.69, 9.17) is 0 Å². The van der Waals surface area contributed by atoms with Crippen LogP contribution in [0.15, 0.2) is 89.4 Å². The van der Waals surface area contributed by atoms with Gasteiger partial charge in [-0.15, -0.1) is 0 Å². The average molecular weight is 649 g/mol. The monoisotopic (exact) mass is 647 g/mol. The Morgan fingerprint density at radius 3 is 1.81 bits per heavy atom. The van der Waals surface area contributed by atoms with Crippen molar-refractivity contribution in [2.24, 2.45) is 17.8 Å². The summed E-state index contributed by atoms with van der Waals surface area (Å²) in [5.41, 5.74) is 2.79. The van der Waals surface area contributed by atoms with Crippen LogP contribution in [0.5, 0.6) is 0 Å². The first-order chi connectivity index (χ1) is 20.7. The van der Waals surface area contributed by atoms with E-state index in [1.807, 2.05) is 36.4 Å². The van der Waals surface area contributed by atoms with Crippen molar-refractivity contribution in [1.82, 2.24) is 5.32 Å². The van der Waals surface area contributed by atoms with E-state index in [2.05, 4.69) is 45.5 Å². The van der Waals surface area contributed by atoms with Gasteiger partial charge in [-0.2, -0.15) is 0 Å². The Morgan fingerprint density at radius 2 is 1.28 bits per heavy atom. The summed E-state index contributed by atoms with van der Waals surface area (Å²) in [7, 11) is 0. The van der Waals surface area contributed by atoms with Crippen LogP contribution in [0.3, 0.4) is 0 Å². The summed E-state index contributed by atoms with van der Waals surface area (Å²) in [6.07, 6.45) is 3.35. The second kappa shape index (κ2) is 15.6. The van der Waals surface area contributed by atoms with Crippen molar-refractivity contribution in [2.45, 2.75) is 63.3 Å². The van der Waals surface area contributed by atoms with Gasteiger partial charge in [0.25, 0.3) is 0 Å². The van der Waals surface area contributed by atoms with Crippen molar-refractivity contribution in [3.63, 3.8) is 0 Å². The van der Waals surface area contributed by atoms with Crippen molar-refractivity contribution in [3.8, 4) is 0 Å². The Hall–Kier alpha value is -3.78. The van der Waals surface area contributed by atoms with Crippen LogP contribution in [0.25, 0.3) is 0 Å². The second-order valence-electron chi connectivity index (χ2n) is 11.3. The quantitative estimate of drug-likeness (QED) is 0.171. The molecule has 4 atom stereocenters. The molecule has 0 aliphatic heterocycles. The number of aliphatic carboxylic acids is 2. The molecule has 0 heterocycles. The van der Waals surface area contributed by atoms with Crippen LogP contribution in [-0.4, -0.2) is 33.8 Å². The SMILES string of the molecule is O=C(O)CC[C@@H](CCC(c1ccccc1)c1ccccc1)C(=O)C(NC(=O)[C@@H]1CCCC[C@H]1C(=O)O)c1ccc(Br)cc1. The van der Waals surface area contributed by atoms with Crippen molar-refractivity contribution in [1.29, 1.82) is 0 Å². The van der Waals surface area contributed by atoms with Crippen LogP contribution in [0, 0.1) is 17.8 Å². The number of benzene rings is 3. The zero-order valence-corrected chi connectivity index (χ0v) is 25.6. The topological polar surface area (TPSA) is 121 Å². The highest BCUT2D eigenvalue weighted by molar-refractivity contribution is 9.10.